The molecule has 0 bridgehead atoms. The van der Waals surface area contributed by atoms with E-state index in [0.29, 0.717) is 18.5 Å². The molecule has 102 valence electrons. The van der Waals surface area contributed by atoms with Crippen molar-refractivity contribution >= 4 is 11.9 Å². The van der Waals surface area contributed by atoms with E-state index >= 15 is 0 Å². The molecule has 4 nitrogen and oxygen atoms in total. The second-order valence-corrected chi connectivity index (χ2v) is 5.86. The summed E-state index contributed by atoms with van der Waals surface area (Å²) in [6, 6.07) is 0.248. The van der Waals surface area contributed by atoms with Crippen LogP contribution in [0.1, 0.15) is 47.0 Å². The highest BCUT2D eigenvalue weighted by Crippen LogP contribution is 2.28. The molecule has 0 atom stereocenters. The minimum absolute atomic E-state index is 0.00390. The van der Waals surface area contributed by atoms with Gasteiger partial charge in [0.25, 0.3) is 0 Å². The summed E-state index contributed by atoms with van der Waals surface area (Å²) >= 11 is 0. The van der Waals surface area contributed by atoms with Crippen molar-refractivity contribution in [3.8, 4) is 0 Å². The quantitative estimate of drug-likeness (QED) is 0.708. The van der Waals surface area contributed by atoms with E-state index in [9.17, 15) is 9.59 Å². The number of carbonyl (C=O) groups excluding carboxylic acids is 2. The first-order valence-electron chi connectivity index (χ1n) is 6.39. The minimum atomic E-state index is -0.497. The molecule has 4 heteroatoms. The van der Waals surface area contributed by atoms with E-state index in [-0.39, 0.29) is 17.9 Å². The van der Waals surface area contributed by atoms with E-state index in [2.05, 4.69) is 6.58 Å². The molecule has 1 amide bonds. The van der Waals surface area contributed by atoms with Crippen molar-refractivity contribution in [3.63, 3.8) is 0 Å². The largest absolute Gasteiger partial charge is 0.444 e. The lowest BCUT2D eigenvalue weighted by atomic mass is 10.1. The Morgan fingerprint density at radius 2 is 1.89 bits per heavy atom. The minimum Gasteiger partial charge on any atom is -0.444 e. The van der Waals surface area contributed by atoms with Gasteiger partial charge in [-0.25, -0.2) is 4.79 Å². The van der Waals surface area contributed by atoms with E-state index in [1.54, 1.807) is 11.8 Å². The van der Waals surface area contributed by atoms with Gasteiger partial charge in [0, 0.05) is 19.0 Å². The highest BCUT2D eigenvalue weighted by molar-refractivity contribution is 5.94. The fourth-order valence-electron chi connectivity index (χ4n) is 1.57. The third-order valence-corrected chi connectivity index (χ3v) is 2.67. The number of allylic oxidation sites excluding steroid dienone is 1. The molecular formula is C14H23NO3. The molecule has 1 rings (SSSR count). The Balaban J connectivity index is 2.52. The number of nitrogens with zero attached hydrogens (tertiary/aromatic N) is 1. The lowest BCUT2D eigenvalue weighted by molar-refractivity contribution is -0.115. The van der Waals surface area contributed by atoms with Crippen LogP contribution >= 0.6 is 0 Å². The van der Waals surface area contributed by atoms with Gasteiger partial charge in [0.15, 0.2) is 5.78 Å². The molecule has 0 unspecified atom stereocenters. The van der Waals surface area contributed by atoms with Crippen molar-refractivity contribution in [1.82, 2.24) is 4.90 Å². The molecule has 1 aliphatic carbocycles. The van der Waals surface area contributed by atoms with Crippen LogP contribution in [0.15, 0.2) is 12.2 Å². The molecule has 1 saturated carbocycles. The van der Waals surface area contributed by atoms with E-state index in [4.69, 9.17) is 4.74 Å². The second-order valence-electron chi connectivity index (χ2n) is 5.86. The monoisotopic (exact) mass is 253 g/mol. The van der Waals surface area contributed by atoms with Crippen molar-refractivity contribution in [2.75, 3.05) is 6.54 Å². The Hall–Kier alpha value is -1.32. The topological polar surface area (TPSA) is 46.6 Å². The van der Waals surface area contributed by atoms with Crippen LogP contribution in [-0.4, -0.2) is 35.0 Å². The predicted octanol–water partition coefficient (Wildman–Crippen LogP) is 2.92. The third-order valence-electron chi connectivity index (χ3n) is 2.67. The van der Waals surface area contributed by atoms with E-state index < -0.39 is 5.60 Å². The fourth-order valence-corrected chi connectivity index (χ4v) is 1.57. The Morgan fingerprint density at radius 3 is 2.28 bits per heavy atom. The number of amides is 1. The third kappa shape index (κ3) is 4.90. The molecule has 0 aromatic carbocycles. The summed E-state index contributed by atoms with van der Waals surface area (Å²) < 4.78 is 5.35. The first-order chi connectivity index (χ1) is 8.20. The Kier molecular flexibility index (Phi) is 4.54. The van der Waals surface area contributed by atoms with Crippen LogP contribution in [-0.2, 0) is 9.53 Å². The Bertz CT molecular complexity index is 351. The van der Waals surface area contributed by atoms with Crippen LogP contribution in [0.25, 0.3) is 0 Å². The zero-order chi connectivity index (χ0) is 13.9. The summed E-state index contributed by atoms with van der Waals surface area (Å²) in [5, 5.41) is 0. The van der Waals surface area contributed by atoms with Crippen LogP contribution in [0.5, 0.6) is 0 Å². The molecule has 18 heavy (non-hydrogen) atoms. The highest BCUT2D eigenvalue weighted by atomic mass is 16.6. The van der Waals surface area contributed by atoms with E-state index in [1.807, 2.05) is 20.8 Å². The van der Waals surface area contributed by atoms with Crippen molar-refractivity contribution in [2.24, 2.45) is 0 Å². The lowest BCUT2D eigenvalue weighted by Crippen LogP contribution is -2.39. The normalized spacial score (nSPS) is 15.1. The second kappa shape index (κ2) is 5.55. The van der Waals surface area contributed by atoms with Gasteiger partial charge in [0.05, 0.1) is 0 Å². The smallest absolute Gasteiger partial charge is 0.410 e. The maximum atomic E-state index is 12.0. The number of rotatable bonds is 5. The standard InChI is InChI=1S/C14H23NO3/c1-10(2)12(16)8-9-15(11-6-7-11)13(17)18-14(3,4)5/h11H,1,6-9H2,2-5H3. The summed E-state index contributed by atoms with van der Waals surface area (Å²) in [5.74, 6) is 0.00390. The van der Waals surface area contributed by atoms with Gasteiger partial charge >= 0.3 is 6.09 Å². The Labute approximate surface area is 109 Å². The molecule has 0 radical (unpaired) electrons. The van der Waals surface area contributed by atoms with Gasteiger partial charge in [-0.1, -0.05) is 6.58 Å². The van der Waals surface area contributed by atoms with Gasteiger partial charge in [-0.2, -0.15) is 0 Å². The average Bonchev–Trinajstić information content (AvgIpc) is 2.98. The molecular weight excluding hydrogens is 230 g/mol. The average molecular weight is 253 g/mol. The zero-order valence-electron chi connectivity index (χ0n) is 11.8. The maximum Gasteiger partial charge on any atom is 0.410 e. The van der Waals surface area contributed by atoms with Gasteiger partial charge < -0.3 is 9.64 Å². The van der Waals surface area contributed by atoms with Crippen LogP contribution in [0.2, 0.25) is 0 Å². The predicted molar refractivity (Wildman–Crippen MR) is 70.4 cm³/mol. The van der Waals surface area contributed by atoms with Gasteiger partial charge in [-0.05, 0) is 46.1 Å². The van der Waals surface area contributed by atoms with Crippen molar-refractivity contribution < 1.29 is 14.3 Å². The Morgan fingerprint density at radius 1 is 1.33 bits per heavy atom. The molecule has 1 aliphatic rings. The SMILES string of the molecule is C=C(C)C(=O)CCN(C(=O)OC(C)(C)C)C1CC1. The van der Waals surface area contributed by atoms with Gasteiger partial charge in [-0.15, -0.1) is 0 Å². The summed E-state index contributed by atoms with van der Waals surface area (Å²) in [6.07, 6.45) is 2.01. The number of ether oxygens (including phenoxy) is 1. The summed E-state index contributed by atoms with van der Waals surface area (Å²) in [6.45, 7) is 11.3. The maximum absolute atomic E-state index is 12.0. The van der Waals surface area contributed by atoms with Gasteiger partial charge in [-0.3, -0.25) is 4.79 Å². The van der Waals surface area contributed by atoms with Crippen molar-refractivity contribution in [2.45, 2.75) is 58.6 Å². The van der Waals surface area contributed by atoms with Crippen molar-refractivity contribution in [3.05, 3.63) is 12.2 Å². The van der Waals surface area contributed by atoms with Gasteiger partial charge in [0.1, 0.15) is 5.60 Å². The lowest BCUT2D eigenvalue weighted by Gasteiger charge is -2.27. The molecule has 0 heterocycles. The number of Topliss-reactive ketones (excluding diaryl/α,β-unsaturated/α-hetero) is 1. The molecule has 0 N–H and O–H groups in total. The zero-order valence-corrected chi connectivity index (χ0v) is 11.8. The fraction of sp³-hybridized carbons (Fsp3) is 0.714. The molecule has 0 aromatic heterocycles. The molecule has 1 fully saturated rings. The molecule has 0 aromatic rings. The summed E-state index contributed by atoms with van der Waals surface area (Å²) in [4.78, 5) is 25.2. The number of hydrogen-bond acceptors (Lipinski definition) is 3. The van der Waals surface area contributed by atoms with Crippen LogP contribution in [0.3, 0.4) is 0 Å². The number of carbonyl (C=O) groups is 2. The molecule has 0 saturated heterocycles. The molecule has 0 aliphatic heterocycles. The van der Waals surface area contributed by atoms with Crippen LogP contribution in [0, 0.1) is 0 Å². The van der Waals surface area contributed by atoms with Crippen LogP contribution < -0.4 is 0 Å². The first-order valence-corrected chi connectivity index (χ1v) is 6.39. The van der Waals surface area contributed by atoms with Gasteiger partial charge in [0.2, 0.25) is 0 Å². The first kappa shape index (κ1) is 14.7. The van der Waals surface area contributed by atoms with E-state index in [1.165, 1.54) is 0 Å². The molecule has 0 spiro atoms. The van der Waals surface area contributed by atoms with Crippen molar-refractivity contribution in [1.29, 1.82) is 0 Å². The number of hydrogen-bond donors (Lipinski definition) is 0. The van der Waals surface area contributed by atoms with Crippen LogP contribution in [0.4, 0.5) is 4.79 Å². The van der Waals surface area contributed by atoms with E-state index in [0.717, 1.165) is 12.8 Å². The summed E-state index contributed by atoms with van der Waals surface area (Å²) in [7, 11) is 0. The summed E-state index contributed by atoms with van der Waals surface area (Å²) in [5.41, 5.74) is 0.0395. The number of ketones is 1. The highest BCUT2D eigenvalue weighted by Gasteiger charge is 2.35.